The molecule has 3 aliphatic rings. The summed E-state index contributed by atoms with van der Waals surface area (Å²) in [6.45, 7) is 11.2. The number of nitrogens with two attached hydrogens (primary N) is 3. The lowest BCUT2D eigenvalue weighted by molar-refractivity contribution is -0.110. The predicted molar refractivity (Wildman–Crippen MR) is 160 cm³/mol. The van der Waals surface area contributed by atoms with E-state index in [1.165, 1.54) is 15.4 Å². The minimum Gasteiger partial charge on any atom is -0.495 e. The Labute approximate surface area is 245 Å². The third kappa shape index (κ3) is 6.75. The van der Waals surface area contributed by atoms with Gasteiger partial charge in [-0.3, -0.25) is 21.2 Å². The Morgan fingerprint density at radius 2 is 2.12 bits per heavy atom. The van der Waals surface area contributed by atoms with Gasteiger partial charge in [-0.25, -0.2) is 26.5 Å². The van der Waals surface area contributed by atoms with Crippen molar-refractivity contribution in [2.75, 3.05) is 38.7 Å². The fourth-order valence-electron chi connectivity index (χ4n) is 5.25. The molecule has 9 N–H and O–H groups in total. The predicted octanol–water partition coefficient (Wildman–Crippen LogP) is 1.34. The van der Waals surface area contributed by atoms with Crippen molar-refractivity contribution >= 4 is 28.3 Å². The largest absolute Gasteiger partial charge is 0.495 e. The molecule has 2 atom stereocenters. The first-order chi connectivity index (χ1) is 19.5. The number of ether oxygens (including phenoxy) is 2. The molecule has 0 aromatic carbocycles. The maximum atomic E-state index is 12.3. The summed E-state index contributed by atoms with van der Waals surface area (Å²) in [4.78, 5) is 20.2. The number of hydrogen-bond acceptors (Lipinski definition) is 13. The van der Waals surface area contributed by atoms with Crippen LogP contribution < -0.4 is 28.3 Å². The van der Waals surface area contributed by atoms with Crippen molar-refractivity contribution in [1.82, 2.24) is 20.3 Å². The van der Waals surface area contributed by atoms with Gasteiger partial charge in [-0.05, 0) is 57.7 Å². The van der Waals surface area contributed by atoms with E-state index < -0.39 is 17.9 Å². The number of carbonyl (C=O) groups is 1. The van der Waals surface area contributed by atoms with E-state index in [1.54, 1.807) is 51.4 Å². The number of methoxy groups -OCH3 is 1. The van der Waals surface area contributed by atoms with Crippen LogP contribution in [0.5, 0.6) is 0 Å². The molecule has 14 heteroatoms. The molecule has 1 unspecified atom stereocenters. The zero-order chi connectivity index (χ0) is 29.9. The quantitative estimate of drug-likeness (QED) is 0.0804. The zero-order valence-electron chi connectivity index (χ0n) is 24.2. The second-order valence-corrected chi connectivity index (χ2v) is 12.4. The van der Waals surface area contributed by atoms with Crippen LogP contribution in [0, 0.1) is 5.92 Å². The van der Waals surface area contributed by atoms with Crippen LogP contribution in [-0.4, -0.2) is 83.2 Å². The number of aliphatic imine (C=N–C) groups is 1. The SMILES string of the molecule is C=C/C(=C(\C=C\CNN)OC)N(N)C1=NCNc2sc3c(c21)CC[C@H](C(O)N1CC(N(N)C(=O)OC(C)(C)C)C1)C3. The first-order valence-corrected chi connectivity index (χ1v) is 14.5. The molecule has 0 saturated carbocycles. The van der Waals surface area contributed by atoms with E-state index in [0.29, 0.717) is 43.6 Å². The molecule has 0 bridgehead atoms. The first-order valence-electron chi connectivity index (χ1n) is 13.7. The number of hydrazine groups is 3. The molecular weight excluding hydrogens is 546 g/mol. The maximum Gasteiger partial charge on any atom is 0.424 e. The molecule has 13 nitrogen and oxygen atoms in total. The van der Waals surface area contributed by atoms with Gasteiger partial charge >= 0.3 is 6.09 Å². The Morgan fingerprint density at radius 3 is 2.76 bits per heavy atom. The average molecular weight is 590 g/mol. The van der Waals surface area contributed by atoms with Crippen LogP contribution in [0.3, 0.4) is 0 Å². The molecule has 1 amide bonds. The number of carbonyl (C=O) groups excluding carboxylic acids is 1. The maximum absolute atomic E-state index is 12.3. The number of aliphatic hydroxyl groups is 1. The highest BCUT2D eigenvalue weighted by Crippen LogP contribution is 2.43. The summed E-state index contributed by atoms with van der Waals surface area (Å²) in [6, 6.07) is -0.197. The van der Waals surface area contributed by atoms with Crippen molar-refractivity contribution in [2.45, 2.75) is 57.9 Å². The third-order valence-corrected chi connectivity index (χ3v) is 8.55. The molecule has 0 spiro atoms. The number of anilines is 1. The number of thiophene rings is 1. The van der Waals surface area contributed by atoms with Gasteiger partial charge in [0, 0.05) is 30.4 Å². The molecule has 3 heterocycles. The summed E-state index contributed by atoms with van der Waals surface area (Å²) in [6.07, 6.45) is 6.37. The van der Waals surface area contributed by atoms with Crippen molar-refractivity contribution in [2.24, 2.45) is 28.4 Å². The number of amidine groups is 1. The van der Waals surface area contributed by atoms with Crippen LogP contribution in [0.4, 0.5) is 9.80 Å². The Kier molecular flexibility index (Phi) is 9.74. The van der Waals surface area contributed by atoms with E-state index in [0.717, 1.165) is 34.8 Å². The molecule has 2 aliphatic heterocycles. The lowest BCUT2D eigenvalue weighted by Crippen LogP contribution is -2.66. The van der Waals surface area contributed by atoms with Crippen LogP contribution in [0.1, 0.15) is 43.2 Å². The number of aliphatic hydroxyl groups excluding tert-OH is 1. The summed E-state index contributed by atoms with van der Waals surface area (Å²) in [7, 11) is 1.57. The van der Waals surface area contributed by atoms with Crippen molar-refractivity contribution in [3.8, 4) is 0 Å². The normalized spacial score (nSPS) is 20.6. The van der Waals surface area contributed by atoms with Crippen molar-refractivity contribution in [3.05, 3.63) is 52.3 Å². The Balaban J connectivity index is 1.45. The highest BCUT2D eigenvalue weighted by molar-refractivity contribution is 7.16. The van der Waals surface area contributed by atoms with Gasteiger partial charge in [-0.2, -0.15) is 0 Å². The van der Waals surface area contributed by atoms with Crippen LogP contribution in [0.2, 0.25) is 0 Å². The van der Waals surface area contributed by atoms with Gasteiger partial charge in [-0.15, -0.1) is 11.3 Å². The molecule has 4 rings (SSSR count). The molecule has 1 aromatic heterocycles. The highest BCUT2D eigenvalue weighted by Gasteiger charge is 2.42. The number of rotatable bonds is 9. The first kappa shape index (κ1) is 31.0. The molecular formula is C27H43N9O4S. The van der Waals surface area contributed by atoms with Gasteiger partial charge in [0.25, 0.3) is 0 Å². The molecule has 41 heavy (non-hydrogen) atoms. The summed E-state index contributed by atoms with van der Waals surface area (Å²) >= 11 is 1.68. The molecule has 1 saturated heterocycles. The molecule has 1 aromatic rings. The summed E-state index contributed by atoms with van der Waals surface area (Å²) in [5.74, 6) is 19.2. The number of hydrogen-bond donors (Lipinski definition) is 6. The van der Waals surface area contributed by atoms with Gasteiger partial charge in [0.05, 0.1) is 18.7 Å². The number of nitrogens with zero attached hydrogens (tertiary/aromatic N) is 4. The topological polar surface area (TPSA) is 180 Å². The minimum absolute atomic E-state index is 0.0516. The van der Waals surface area contributed by atoms with E-state index >= 15 is 0 Å². The Morgan fingerprint density at radius 1 is 1.39 bits per heavy atom. The Hall–Kier alpha value is -2.98. The molecule has 226 valence electrons. The fourth-order valence-corrected chi connectivity index (χ4v) is 6.58. The number of amides is 1. The van der Waals surface area contributed by atoms with Gasteiger partial charge in [0.15, 0.2) is 5.84 Å². The van der Waals surface area contributed by atoms with E-state index in [4.69, 9.17) is 32.0 Å². The molecule has 1 aliphatic carbocycles. The minimum atomic E-state index is -0.632. The number of fused-ring (bicyclic) bond motifs is 3. The second kappa shape index (κ2) is 12.9. The lowest BCUT2D eigenvalue weighted by Gasteiger charge is -2.47. The van der Waals surface area contributed by atoms with Crippen LogP contribution in [0.15, 0.2) is 41.3 Å². The van der Waals surface area contributed by atoms with Gasteiger partial charge in [0.1, 0.15) is 35.0 Å². The van der Waals surface area contributed by atoms with Gasteiger partial charge < -0.3 is 19.9 Å². The number of nitrogens with one attached hydrogen (secondary N) is 2. The fraction of sp³-hybridized carbons (Fsp3) is 0.556. The van der Waals surface area contributed by atoms with Crippen LogP contribution >= 0.6 is 11.3 Å². The smallest absolute Gasteiger partial charge is 0.424 e. The van der Waals surface area contributed by atoms with E-state index in [-0.39, 0.29) is 12.0 Å². The molecule has 1 fully saturated rings. The van der Waals surface area contributed by atoms with Crippen molar-refractivity contribution in [1.29, 1.82) is 0 Å². The van der Waals surface area contributed by atoms with Gasteiger partial charge in [-0.1, -0.05) is 12.7 Å². The van der Waals surface area contributed by atoms with Gasteiger partial charge in [0.2, 0.25) is 0 Å². The summed E-state index contributed by atoms with van der Waals surface area (Å²) in [5, 5.41) is 18.3. The zero-order valence-corrected chi connectivity index (χ0v) is 25.0. The lowest BCUT2D eigenvalue weighted by atomic mass is 9.84. The molecule has 0 radical (unpaired) electrons. The average Bonchev–Trinajstić information content (AvgIpc) is 3.28. The van der Waals surface area contributed by atoms with Crippen molar-refractivity contribution < 1.29 is 19.4 Å². The summed E-state index contributed by atoms with van der Waals surface area (Å²) < 4.78 is 10.9. The second-order valence-electron chi connectivity index (χ2n) is 11.3. The third-order valence-electron chi connectivity index (χ3n) is 7.34. The van der Waals surface area contributed by atoms with E-state index in [1.807, 2.05) is 11.0 Å². The Bertz CT molecular complexity index is 1220. The number of allylic oxidation sites excluding steroid dienone is 2. The summed E-state index contributed by atoms with van der Waals surface area (Å²) in [5.41, 5.74) is 4.70. The number of likely N-dealkylation sites (tertiary alicyclic amines) is 1. The van der Waals surface area contributed by atoms with E-state index in [9.17, 15) is 9.90 Å². The highest BCUT2D eigenvalue weighted by atomic mass is 32.1. The monoisotopic (exact) mass is 589 g/mol. The van der Waals surface area contributed by atoms with Crippen LogP contribution in [-0.2, 0) is 22.3 Å². The van der Waals surface area contributed by atoms with Crippen LogP contribution in [0.25, 0.3) is 0 Å². The van der Waals surface area contributed by atoms with E-state index in [2.05, 4.69) is 17.3 Å². The van der Waals surface area contributed by atoms with Crippen molar-refractivity contribution in [3.63, 3.8) is 0 Å². The standard InChI is InChI=1S/C27H43N9O4S/c1-6-19(20(39-5)8-7-11-33-28)36(30)23-22-18-10-9-16(12-21(18)41-24(22)32-15-31-23)25(37)34-13-17(14-34)35(29)26(38)40-27(2,3)4/h6-8,16-17,25,32-33,37H,1,9-15,28-30H2,2-5H3/b8-7+,20-19-/t16-,25?/m0/s1.